The van der Waals surface area contributed by atoms with Crippen LogP contribution in [-0.2, 0) is 0 Å². The molecule has 0 aliphatic heterocycles. The van der Waals surface area contributed by atoms with E-state index in [1.165, 1.54) is 6.07 Å². The molecular formula is C14H11BrClNO2. The van der Waals surface area contributed by atoms with E-state index in [0.717, 1.165) is 0 Å². The molecule has 1 amide bonds. The van der Waals surface area contributed by atoms with Gasteiger partial charge >= 0.3 is 0 Å². The molecule has 0 spiro atoms. The lowest BCUT2D eigenvalue weighted by atomic mass is 10.1. The number of hydrogen-bond acceptors (Lipinski definition) is 2. The fourth-order valence-corrected chi connectivity index (χ4v) is 2.23. The first-order chi connectivity index (χ1) is 8.99. The highest BCUT2D eigenvalue weighted by Crippen LogP contribution is 2.30. The third-order valence-electron chi connectivity index (χ3n) is 2.65. The van der Waals surface area contributed by atoms with Crippen LogP contribution in [0.3, 0.4) is 0 Å². The molecule has 0 atom stereocenters. The van der Waals surface area contributed by atoms with Crippen molar-refractivity contribution in [3.63, 3.8) is 0 Å². The van der Waals surface area contributed by atoms with Crippen molar-refractivity contribution in [2.24, 2.45) is 0 Å². The average molecular weight is 341 g/mol. The van der Waals surface area contributed by atoms with E-state index in [1.54, 1.807) is 37.3 Å². The van der Waals surface area contributed by atoms with E-state index in [1.807, 2.05) is 0 Å². The summed E-state index contributed by atoms with van der Waals surface area (Å²) in [6, 6.07) is 9.85. The van der Waals surface area contributed by atoms with Crippen molar-refractivity contribution in [3.05, 3.63) is 57.0 Å². The van der Waals surface area contributed by atoms with Gasteiger partial charge in [-0.25, -0.2) is 0 Å². The lowest BCUT2D eigenvalue weighted by molar-refractivity contribution is 0.102. The highest BCUT2D eigenvalue weighted by atomic mass is 79.9. The van der Waals surface area contributed by atoms with Crippen LogP contribution in [-0.4, -0.2) is 11.0 Å². The average Bonchev–Trinajstić information content (AvgIpc) is 2.34. The van der Waals surface area contributed by atoms with E-state index < -0.39 is 0 Å². The molecule has 0 unspecified atom stereocenters. The fourth-order valence-electron chi connectivity index (χ4n) is 1.69. The fraction of sp³-hybridized carbons (Fsp3) is 0.0714. The number of phenolic OH excluding ortho intramolecular Hbond substituents is 1. The topological polar surface area (TPSA) is 49.3 Å². The number of nitrogens with one attached hydrogen (secondary N) is 1. The standard InChI is InChI=1S/C14H11BrClNO2/c1-8-7-9(18)5-6-10(8)14(19)17-12-4-2-3-11(16)13(12)15/h2-7,18H,1H3,(H,17,19). The molecule has 0 aromatic heterocycles. The van der Waals surface area contributed by atoms with E-state index in [2.05, 4.69) is 21.2 Å². The minimum absolute atomic E-state index is 0.137. The Morgan fingerprint density at radius 2 is 2.05 bits per heavy atom. The quantitative estimate of drug-likeness (QED) is 0.853. The first kappa shape index (κ1) is 13.9. The maximum absolute atomic E-state index is 12.2. The van der Waals surface area contributed by atoms with Crippen molar-refractivity contribution < 1.29 is 9.90 Å². The van der Waals surface area contributed by atoms with Gasteiger partial charge in [-0.3, -0.25) is 4.79 Å². The molecule has 0 saturated carbocycles. The first-order valence-corrected chi connectivity index (χ1v) is 6.71. The maximum Gasteiger partial charge on any atom is 0.255 e. The lowest BCUT2D eigenvalue weighted by Gasteiger charge is -2.10. The van der Waals surface area contributed by atoms with E-state index >= 15 is 0 Å². The van der Waals surface area contributed by atoms with Crippen LogP contribution in [0.15, 0.2) is 40.9 Å². The van der Waals surface area contributed by atoms with E-state index in [9.17, 15) is 9.90 Å². The highest BCUT2D eigenvalue weighted by molar-refractivity contribution is 9.10. The molecule has 2 aromatic carbocycles. The number of carbonyl (C=O) groups excluding carboxylic acids is 1. The predicted molar refractivity (Wildman–Crippen MR) is 79.9 cm³/mol. The summed E-state index contributed by atoms with van der Waals surface area (Å²) in [5.41, 5.74) is 1.81. The van der Waals surface area contributed by atoms with Crippen molar-refractivity contribution in [1.82, 2.24) is 0 Å². The Hall–Kier alpha value is -1.52. The van der Waals surface area contributed by atoms with Gasteiger partial charge in [-0.05, 0) is 58.7 Å². The van der Waals surface area contributed by atoms with Crippen LogP contribution in [0.4, 0.5) is 5.69 Å². The van der Waals surface area contributed by atoms with Gasteiger partial charge in [-0.15, -0.1) is 0 Å². The number of rotatable bonds is 2. The zero-order valence-electron chi connectivity index (χ0n) is 10.1. The Morgan fingerprint density at radius 3 is 2.74 bits per heavy atom. The van der Waals surface area contributed by atoms with Gasteiger partial charge in [0.1, 0.15) is 5.75 Å². The van der Waals surface area contributed by atoms with E-state index in [0.29, 0.717) is 26.3 Å². The Morgan fingerprint density at radius 1 is 1.32 bits per heavy atom. The normalized spacial score (nSPS) is 10.3. The number of amides is 1. The van der Waals surface area contributed by atoms with Gasteiger partial charge in [0.2, 0.25) is 0 Å². The third kappa shape index (κ3) is 3.08. The van der Waals surface area contributed by atoms with Gasteiger partial charge in [0.15, 0.2) is 0 Å². The number of carbonyl (C=O) groups is 1. The molecule has 0 fully saturated rings. The summed E-state index contributed by atoms with van der Waals surface area (Å²) >= 11 is 9.29. The van der Waals surface area contributed by atoms with Crippen LogP contribution in [0.25, 0.3) is 0 Å². The highest BCUT2D eigenvalue weighted by Gasteiger charge is 2.12. The van der Waals surface area contributed by atoms with Crippen molar-refractivity contribution in [3.8, 4) is 5.75 Å². The summed E-state index contributed by atoms with van der Waals surface area (Å²) in [6.45, 7) is 1.77. The molecule has 2 N–H and O–H groups in total. The molecule has 0 aliphatic carbocycles. The molecule has 0 saturated heterocycles. The summed E-state index contributed by atoms with van der Waals surface area (Å²) < 4.78 is 0.640. The summed E-state index contributed by atoms with van der Waals surface area (Å²) in [7, 11) is 0. The first-order valence-electron chi connectivity index (χ1n) is 5.54. The van der Waals surface area contributed by atoms with E-state index in [4.69, 9.17) is 11.6 Å². The van der Waals surface area contributed by atoms with Crippen LogP contribution < -0.4 is 5.32 Å². The van der Waals surface area contributed by atoms with Crippen molar-refractivity contribution >= 4 is 39.1 Å². The van der Waals surface area contributed by atoms with Gasteiger partial charge < -0.3 is 10.4 Å². The van der Waals surface area contributed by atoms with Gasteiger partial charge in [0.05, 0.1) is 15.2 Å². The minimum atomic E-state index is -0.250. The predicted octanol–water partition coefficient (Wildman–Crippen LogP) is 4.37. The molecule has 19 heavy (non-hydrogen) atoms. The molecule has 2 rings (SSSR count). The summed E-state index contributed by atoms with van der Waals surface area (Å²) in [4.78, 5) is 12.2. The smallest absolute Gasteiger partial charge is 0.255 e. The minimum Gasteiger partial charge on any atom is -0.508 e. The summed E-state index contributed by atoms with van der Waals surface area (Å²) in [6.07, 6.45) is 0. The second-order valence-corrected chi connectivity index (χ2v) is 5.25. The molecule has 3 nitrogen and oxygen atoms in total. The van der Waals surface area contributed by atoms with Crippen LogP contribution in [0.1, 0.15) is 15.9 Å². The number of phenols is 1. The Labute approximate surface area is 124 Å². The van der Waals surface area contributed by atoms with Gasteiger partial charge in [0, 0.05) is 5.56 Å². The van der Waals surface area contributed by atoms with Crippen LogP contribution in [0, 0.1) is 6.92 Å². The van der Waals surface area contributed by atoms with Gasteiger partial charge in [-0.2, -0.15) is 0 Å². The second-order valence-electron chi connectivity index (χ2n) is 4.05. The zero-order chi connectivity index (χ0) is 14.0. The maximum atomic E-state index is 12.2. The molecular weight excluding hydrogens is 330 g/mol. The summed E-state index contributed by atoms with van der Waals surface area (Å²) in [5.74, 6) is -0.113. The largest absolute Gasteiger partial charge is 0.508 e. The monoisotopic (exact) mass is 339 g/mol. The number of benzene rings is 2. The van der Waals surface area contributed by atoms with Crippen molar-refractivity contribution in [1.29, 1.82) is 0 Å². The van der Waals surface area contributed by atoms with Crippen molar-refractivity contribution in [2.75, 3.05) is 5.32 Å². The Bertz CT molecular complexity index is 643. The molecule has 0 aliphatic rings. The van der Waals surface area contributed by atoms with E-state index in [-0.39, 0.29) is 11.7 Å². The van der Waals surface area contributed by atoms with Gasteiger partial charge in [0.25, 0.3) is 5.91 Å². The van der Waals surface area contributed by atoms with Crippen LogP contribution in [0.5, 0.6) is 5.75 Å². The zero-order valence-corrected chi connectivity index (χ0v) is 12.4. The summed E-state index contributed by atoms with van der Waals surface area (Å²) in [5, 5.41) is 12.6. The van der Waals surface area contributed by atoms with Crippen molar-refractivity contribution in [2.45, 2.75) is 6.92 Å². The molecule has 2 aromatic rings. The number of aromatic hydroxyl groups is 1. The Balaban J connectivity index is 2.28. The second kappa shape index (κ2) is 5.63. The number of aryl methyl sites for hydroxylation is 1. The SMILES string of the molecule is Cc1cc(O)ccc1C(=O)Nc1cccc(Cl)c1Br. The molecule has 0 heterocycles. The van der Waals surface area contributed by atoms with Crippen LogP contribution in [0.2, 0.25) is 5.02 Å². The molecule has 0 bridgehead atoms. The molecule has 5 heteroatoms. The van der Waals surface area contributed by atoms with Gasteiger partial charge in [-0.1, -0.05) is 17.7 Å². The van der Waals surface area contributed by atoms with Crippen LogP contribution >= 0.6 is 27.5 Å². The molecule has 98 valence electrons. The number of anilines is 1. The third-order valence-corrected chi connectivity index (χ3v) is 4.05. The lowest BCUT2D eigenvalue weighted by Crippen LogP contribution is -2.13. The number of halogens is 2. The molecule has 0 radical (unpaired) electrons. The Kier molecular flexibility index (Phi) is 4.12. The number of hydrogen-bond donors (Lipinski definition) is 2.